The summed E-state index contributed by atoms with van der Waals surface area (Å²) in [4.78, 5) is 4.29. The summed E-state index contributed by atoms with van der Waals surface area (Å²) >= 11 is 6.02. The number of nitrogens with one attached hydrogen (secondary N) is 1. The van der Waals surface area contributed by atoms with Gasteiger partial charge in [0.2, 0.25) is 0 Å². The molecule has 0 saturated carbocycles. The molecule has 0 spiro atoms. The van der Waals surface area contributed by atoms with E-state index in [1.54, 1.807) is 19.5 Å². The lowest BCUT2D eigenvalue weighted by Gasteiger charge is -2.17. The van der Waals surface area contributed by atoms with Gasteiger partial charge in [-0.1, -0.05) is 11.6 Å². The Bertz CT molecular complexity index is 541. The zero-order chi connectivity index (χ0) is 13.1. The van der Waals surface area contributed by atoms with Crippen molar-refractivity contribution >= 4 is 11.6 Å². The Morgan fingerprint density at radius 2 is 2.28 bits per heavy atom. The molecule has 2 rings (SSSR count). The number of benzene rings is 1. The first-order valence-electron chi connectivity index (χ1n) is 5.43. The molecule has 6 heteroatoms. The third-order valence-corrected chi connectivity index (χ3v) is 2.93. The van der Waals surface area contributed by atoms with Crippen molar-refractivity contribution in [3.8, 4) is 5.75 Å². The lowest BCUT2D eigenvalue weighted by molar-refractivity contribution is 0.404. The minimum atomic E-state index is -0.264. The average Bonchev–Trinajstić information content (AvgIpc) is 2.77. The molecule has 2 aromatic rings. The van der Waals surface area contributed by atoms with E-state index in [1.165, 1.54) is 0 Å². The standard InChI is InChI=1S/C12H15ClN4O/c1-17-6-10(15-7-17)12(16-14)9-5-8(13)3-4-11(9)18-2/h3-7,12,16H,14H2,1-2H3. The van der Waals surface area contributed by atoms with Crippen LogP contribution in [0, 0.1) is 0 Å². The maximum Gasteiger partial charge on any atom is 0.124 e. The lowest BCUT2D eigenvalue weighted by atomic mass is 10.0. The third-order valence-electron chi connectivity index (χ3n) is 2.69. The molecule has 1 aromatic carbocycles. The van der Waals surface area contributed by atoms with Crippen LogP contribution in [0.4, 0.5) is 0 Å². The van der Waals surface area contributed by atoms with Gasteiger partial charge < -0.3 is 9.30 Å². The largest absolute Gasteiger partial charge is 0.496 e. The second-order valence-corrected chi connectivity index (χ2v) is 4.39. The number of hydrogen-bond donors (Lipinski definition) is 2. The van der Waals surface area contributed by atoms with Crippen LogP contribution in [0.3, 0.4) is 0 Å². The van der Waals surface area contributed by atoms with Gasteiger partial charge in [-0.15, -0.1) is 0 Å². The highest BCUT2D eigenvalue weighted by Crippen LogP contribution is 2.31. The Labute approximate surface area is 110 Å². The number of nitrogens with zero attached hydrogens (tertiary/aromatic N) is 2. The van der Waals surface area contributed by atoms with Gasteiger partial charge in [0.05, 0.1) is 25.2 Å². The fraction of sp³-hybridized carbons (Fsp3) is 0.250. The van der Waals surface area contributed by atoms with Crippen LogP contribution in [-0.4, -0.2) is 16.7 Å². The van der Waals surface area contributed by atoms with Crippen LogP contribution in [0.25, 0.3) is 0 Å². The lowest BCUT2D eigenvalue weighted by Crippen LogP contribution is -2.29. The molecule has 0 saturated heterocycles. The molecule has 1 unspecified atom stereocenters. The Morgan fingerprint density at radius 1 is 1.50 bits per heavy atom. The van der Waals surface area contributed by atoms with Gasteiger partial charge in [-0.05, 0) is 18.2 Å². The average molecular weight is 267 g/mol. The van der Waals surface area contributed by atoms with Crippen molar-refractivity contribution in [3.05, 3.63) is 47.0 Å². The van der Waals surface area contributed by atoms with E-state index in [0.29, 0.717) is 10.8 Å². The van der Waals surface area contributed by atoms with Gasteiger partial charge >= 0.3 is 0 Å². The number of aromatic nitrogens is 2. The van der Waals surface area contributed by atoms with E-state index in [4.69, 9.17) is 22.2 Å². The molecule has 1 atom stereocenters. The number of methoxy groups -OCH3 is 1. The molecule has 0 bridgehead atoms. The maximum absolute atomic E-state index is 6.02. The molecule has 0 aliphatic rings. The first-order valence-corrected chi connectivity index (χ1v) is 5.81. The minimum Gasteiger partial charge on any atom is -0.496 e. The number of rotatable bonds is 4. The Kier molecular flexibility index (Phi) is 3.86. The third kappa shape index (κ3) is 2.48. The number of halogens is 1. The van der Waals surface area contributed by atoms with Gasteiger partial charge in [0.15, 0.2) is 0 Å². The molecular formula is C12H15ClN4O. The van der Waals surface area contributed by atoms with Crippen molar-refractivity contribution in [3.63, 3.8) is 0 Å². The van der Waals surface area contributed by atoms with Crippen molar-refractivity contribution in [2.75, 3.05) is 7.11 Å². The highest BCUT2D eigenvalue weighted by Gasteiger charge is 2.19. The molecule has 3 N–H and O–H groups in total. The zero-order valence-electron chi connectivity index (χ0n) is 10.2. The van der Waals surface area contributed by atoms with Crippen molar-refractivity contribution in [1.29, 1.82) is 0 Å². The fourth-order valence-corrected chi connectivity index (χ4v) is 2.03. The SMILES string of the molecule is COc1ccc(Cl)cc1C(NN)c1cn(C)cn1. The summed E-state index contributed by atoms with van der Waals surface area (Å²) in [7, 11) is 3.51. The van der Waals surface area contributed by atoms with Crippen molar-refractivity contribution < 1.29 is 4.74 Å². The van der Waals surface area contributed by atoms with E-state index in [0.717, 1.165) is 11.3 Å². The Morgan fingerprint density at radius 3 is 2.83 bits per heavy atom. The quantitative estimate of drug-likeness (QED) is 0.652. The summed E-state index contributed by atoms with van der Waals surface area (Å²) in [6.45, 7) is 0. The van der Waals surface area contributed by atoms with Crippen LogP contribution in [0.15, 0.2) is 30.7 Å². The summed E-state index contributed by atoms with van der Waals surface area (Å²) < 4.78 is 7.18. The first kappa shape index (κ1) is 12.9. The summed E-state index contributed by atoms with van der Waals surface area (Å²) in [6.07, 6.45) is 3.61. The van der Waals surface area contributed by atoms with Crippen molar-refractivity contribution in [2.45, 2.75) is 6.04 Å². The number of ether oxygens (including phenoxy) is 1. The fourth-order valence-electron chi connectivity index (χ4n) is 1.85. The molecule has 5 nitrogen and oxygen atoms in total. The number of hydrogen-bond acceptors (Lipinski definition) is 4. The van der Waals surface area contributed by atoms with Crippen molar-refractivity contribution in [1.82, 2.24) is 15.0 Å². The predicted octanol–water partition coefficient (Wildman–Crippen LogP) is 1.63. The van der Waals surface area contributed by atoms with E-state index in [-0.39, 0.29) is 6.04 Å². The number of imidazole rings is 1. The minimum absolute atomic E-state index is 0.264. The van der Waals surface area contributed by atoms with Crippen LogP contribution in [0.1, 0.15) is 17.3 Å². The second kappa shape index (κ2) is 5.39. The highest BCUT2D eigenvalue weighted by molar-refractivity contribution is 6.30. The summed E-state index contributed by atoms with van der Waals surface area (Å²) in [6, 6.07) is 5.14. The smallest absolute Gasteiger partial charge is 0.124 e. The van der Waals surface area contributed by atoms with Crippen LogP contribution >= 0.6 is 11.6 Å². The molecule has 1 heterocycles. The molecule has 0 aliphatic carbocycles. The number of aryl methyl sites for hydroxylation is 1. The molecule has 0 aliphatic heterocycles. The monoisotopic (exact) mass is 266 g/mol. The van der Waals surface area contributed by atoms with E-state index in [9.17, 15) is 0 Å². The molecule has 1 aromatic heterocycles. The number of nitrogens with two attached hydrogens (primary N) is 1. The van der Waals surface area contributed by atoms with Gasteiger partial charge in [-0.25, -0.2) is 10.4 Å². The van der Waals surface area contributed by atoms with Gasteiger partial charge in [0.25, 0.3) is 0 Å². The Hall–Kier alpha value is -1.56. The Balaban J connectivity index is 2.47. The summed E-state index contributed by atoms with van der Waals surface area (Å²) in [5.74, 6) is 6.34. The van der Waals surface area contributed by atoms with Gasteiger partial charge in [-0.3, -0.25) is 5.84 Å². The van der Waals surface area contributed by atoms with Crippen LogP contribution in [0.2, 0.25) is 5.02 Å². The molecule has 0 amide bonds. The first-order chi connectivity index (χ1) is 8.65. The van der Waals surface area contributed by atoms with Gasteiger partial charge in [-0.2, -0.15) is 0 Å². The van der Waals surface area contributed by atoms with E-state index in [1.807, 2.05) is 29.9 Å². The molecule has 18 heavy (non-hydrogen) atoms. The summed E-state index contributed by atoms with van der Waals surface area (Å²) in [5, 5.41) is 0.627. The molecule has 0 radical (unpaired) electrons. The topological polar surface area (TPSA) is 65.1 Å². The van der Waals surface area contributed by atoms with Crippen LogP contribution in [0.5, 0.6) is 5.75 Å². The predicted molar refractivity (Wildman–Crippen MR) is 70.4 cm³/mol. The zero-order valence-corrected chi connectivity index (χ0v) is 11.0. The van der Waals surface area contributed by atoms with Crippen LogP contribution < -0.4 is 16.0 Å². The summed E-state index contributed by atoms with van der Waals surface area (Å²) in [5.41, 5.74) is 4.39. The van der Waals surface area contributed by atoms with E-state index >= 15 is 0 Å². The maximum atomic E-state index is 6.02. The van der Waals surface area contributed by atoms with Crippen molar-refractivity contribution in [2.24, 2.45) is 12.9 Å². The highest BCUT2D eigenvalue weighted by atomic mass is 35.5. The van der Waals surface area contributed by atoms with Crippen LogP contribution in [-0.2, 0) is 7.05 Å². The number of hydrazine groups is 1. The molecular weight excluding hydrogens is 252 g/mol. The van der Waals surface area contributed by atoms with E-state index < -0.39 is 0 Å². The molecule has 0 fully saturated rings. The van der Waals surface area contributed by atoms with Gasteiger partial charge in [0.1, 0.15) is 5.75 Å². The van der Waals surface area contributed by atoms with Gasteiger partial charge in [0, 0.05) is 23.8 Å². The second-order valence-electron chi connectivity index (χ2n) is 3.95. The van der Waals surface area contributed by atoms with E-state index in [2.05, 4.69) is 10.4 Å². The normalized spacial score (nSPS) is 12.4. The molecule has 96 valence electrons.